The summed E-state index contributed by atoms with van der Waals surface area (Å²) in [6, 6.07) is 21.1. The predicted octanol–water partition coefficient (Wildman–Crippen LogP) is 6.01. The van der Waals surface area contributed by atoms with Crippen molar-refractivity contribution in [2.24, 2.45) is 0 Å². The van der Waals surface area contributed by atoms with Crippen LogP contribution in [-0.2, 0) is 30.6 Å². The van der Waals surface area contributed by atoms with Crippen molar-refractivity contribution in [3.8, 4) is 28.4 Å². The second-order valence-corrected chi connectivity index (χ2v) is 9.42. The highest BCUT2D eigenvalue weighted by molar-refractivity contribution is 6.31. The van der Waals surface area contributed by atoms with Crippen LogP contribution in [0.25, 0.3) is 16.9 Å². The number of nitrogens with one attached hydrogen (secondary N) is 1. The molecule has 1 aliphatic carbocycles. The maximum absolute atomic E-state index is 14.1. The normalized spacial score (nSPS) is 13.3. The Morgan fingerprint density at radius 3 is 2.69 bits per heavy atom. The third-order valence-corrected chi connectivity index (χ3v) is 7.19. The van der Waals surface area contributed by atoms with Crippen LogP contribution >= 0.6 is 11.6 Å². The van der Waals surface area contributed by atoms with E-state index in [0.29, 0.717) is 22.8 Å². The van der Waals surface area contributed by atoms with Gasteiger partial charge in [-0.3, -0.25) is 4.79 Å². The molecule has 2 aliphatic rings. The number of halogens is 2. The van der Waals surface area contributed by atoms with Crippen LogP contribution in [0.2, 0.25) is 5.02 Å². The number of nitrogens with zero attached hydrogens (tertiary/aromatic N) is 1. The van der Waals surface area contributed by atoms with Crippen molar-refractivity contribution in [3.05, 3.63) is 100.0 Å². The summed E-state index contributed by atoms with van der Waals surface area (Å²) >= 11 is 6.10. The Balaban J connectivity index is 1.30. The van der Waals surface area contributed by atoms with Crippen molar-refractivity contribution < 1.29 is 18.7 Å². The van der Waals surface area contributed by atoms with Crippen molar-refractivity contribution in [1.29, 1.82) is 0 Å². The largest absolute Gasteiger partial charge is 0.454 e. The van der Waals surface area contributed by atoms with Gasteiger partial charge in [-0.25, -0.2) is 4.39 Å². The topological polar surface area (TPSA) is 52.5 Å². The lowest BCUT2D eigenvalue weighted by atomic mass is 9.90. The Morgan fingerprint density at radius 2 is 1.81 bits per heavy atom. The summed E-state index contributed by atoms with van der Waals surface area (Å²) in [6.45, 7) is 0.266. The number of hydrogen-bond donors (Lipinski definition) is 1. The van der Waals surface area contributed by atoms with Gasteiger partial charge in [0.05, 0.1) is 5.69 Å². The van der Waals surface area contributed by atoms with Crippen LogP contribution < -0.4 is 14.8 Å². The molecule has 0 fully saturated rings. The molecule has 182 valence electrons. The summed E-state index contributed by atoms with van der Waals surface area (Å²) in [5, 5.41) is 3.12. The maximum Gasteiger partial charge on any atom is 0.231 e. The van der Waals surface area contributed by atoms with E-state index >= 15 is 0 Å². The first-order chi connectivity index (χ1) is 17.6. The summed E-state index contributed by atoms with van der Waals surface area (Å²) in [7, 11) is 0. The number of rotatable bonds is 6. The van der Waals surface area contributed by atoms with Crippen LogP contribution in [0.3, 0.4) is 0 Å². The molecule has 6 rings (SSSR count). The number of fused-ring (bicyclic) bond motifs is 4. The highest BCUT2D eigenvalue weighted by atomic mass is 35.5. The number of aromatic nitrogens is 1. The van der Waals surface area contributed by atoms with Crippen molar-refractivity contribution in [2.45, 2.75) is 32.2 Å². The molecule has 0 spiro atoms. The molecule has 3 aromatic carbocycles. The van der Waals surface area contributed by atoms with E-state index in [0.717, 1.165) is 35.7 Å². The van der Waals surface area contributed by atoms with Crippen molar-refractivity contribution in [3.63, 3.8) is 0 Å². The summed E-state index contributed by atoms with van der Waals surface area (Å²) in [6.07, 6.45) is 2.72. The molecule has 2 heterocycles. The van der Waals surface area contributed by atoms with Crippen molar-refractivity contribution in [2.75, 3.05) is 6.79 Å². The summed E-state index contributed by atoms with van der Waals surface area (Å²) in [5.74, 6) is 0.856. The van der Waals surface area contributed by atoms with E-state index in [1.54, 1.807) is 12.1 Å². The van der Waals surface area contributed by atoms with E-state index < -0.39 is 5.82 Å². The fraction of sp³-hybridized carbons (Fsp3) is 0.207. The van der Waals surface area contributed by atoms with E-state index in [-0.39, 0.29) is 25.7 Å². The van der Waals surface area contributed by atoms with Gasteiger partial charge in [-0.2, -0.15) is 0 Å². The molecular weight excluding hydrogens is 479 g/mol. The van der Waals surface area contributed by atoms with Crippen molar-refractivity contribution in [1.82, 2.24) is 9.88 Å². The molecule has 1 aliphatic heterocycles. The van der Waals surface area contributed by atoms with Gasteiger partial charge in [-0.15, -0.1) is 0 Å². The Labute approximate surface area is 213 Å². The number of benzene rings is 3. The van der Waals surface area contributed by atoms with Gasteiger partial charge in [0.15, 0.2) is 11.5 Å². The second kappa shape index (κ2) is 9.36. The first-order valence-corrected chi connectivity index (χ1v) is 12.4. The molecular formula is C29H24ClFN2O3. The molecule has 0 atom stereocenters. The van der Waals surface area contributed by atoms with Crippen LogP contribution in [0.5, 0.6) is 11.5 Å². The zero-order valence-corrected chi connectivity index (χ0v) is 20.3. The highest BCUT2D eigenvalue weighted by Crippen LogP contribution is 2.40. The first-order valence-electron chi connectivity index (χ1n) is 12.0. The Bertz CT molecular complexity index is 1460. The smallest absolute Gasteiger partial charge is 0.231 e. The third-order valence-electron chi connectivity index (χ3n) is 6.84. The molecule has 4 aromatic rings. The lowest BCUT2D eigenvalue weighted by Gasteiger charge is -2.21. The van der Waals surface area contributed by atoms with Gasteiger partial charge >= 0.3 is 0 Å². The van der Waals surface area contributed by atoms with Crippen LogP contribution in [0, 0.1) is 5.82 Å². The molecule has 5 nitrogen and oxygen atoms in total. The van der Waals surface area contributed by atoms with Gasteiger partial charge in [0.25, 0.3) is 0 Å². The Morgan fingerprint density at radius 1 is 0.972 bits per heavy atom. The maximum atomic E-state index is 14.1. The molecule has 0 saturated heterocycles. The van der Waals surface area contributed by atoms with E-state index in [1.807, 2.05) is 18.2 Å². The number of aryl methyl sites for hydroxylation is 3. The number of amides is 1. The zero-order chi connectivity index (χ0) is 24.6. The monoisotopic (exact) mass is 502 g/mol. The van der Waals surface area contributed by atoms with Gasteiger partial charge < -0.3 is 19.4 Å². The van der Waals surface area contributed by atoms with Gasteiger partial charge in [-0.05, 0) is 60.7 Å². The van der Waals surface area contributed by atoms with E-state index in [1.165, 1.54) is 22.8 Å². The van der Waals surface area contributed by atoms with E-state index in [2.05, 4.69) is 40.2 Å². The van der Waals surface area contributed by atoms with Gasteiger partial charge in [0.2, 0.25) is 12.7 Å². The molecule has 0 bridgehead atoms. The molecule has 1 amide bonds. The van der Waals surface area contributed by atoms with Crippen LogP contribution in [0.15, 0.2) is 66.7 Å². The first kappa shape index (κ1) is 22.7. The quantitative estimate of drug-likeness (QED) is 0.351. The van der Waals surface area contributed by atoms with Gasteiger partial charge in [-0.1, -0.05) is 41.9 Å². The lowest BCUT2D eigenvalue weighted by Crippen LogP contribution is -2.24. The molecule has 1 aromatic heterocycles. The summed E-state index contributed by atoms with van der Waals surface area (Å²) in [4.78, 5) is 12.7. The lowest BCUT2D eigenvalue weighted by molar-refractivity contribution is -0.121. The number of hydrogen-bond acceptors (Lipinski definition) is 3. The number of carbonyl (C=O) groups excluding carboxylic acids is 1. The summed E-state index contributed by atoms with van der Waals surface area (Å²) in [5.41, 5.74) is 7.24. The zero-order valence-electron chi connectivity index (χ0n) is 19.5. The Hall–Kier alpha value is -3.77. The Kier molecular flexibility index (Phi) is 5.89. The fourth-order valence-electron chi connectivity index (χ4n) is 5.07. The average Bonchev–Trinajstić information content (AvgIpc) is 3.51. The molecule has 0 saturated carbocycles. The fourth-order valence-corrected chi connectivity index (χ4v) is 5.30. The highest BCUT2D eigenvalue weighted by Gasteiger charge is 2.25. The third kappa shape index (κ3) is 4.11. The summed E-state index contributed by atoms with van der Waals surface area (Å²) < 4.78 is 27.5. The molecule has 36 heavy (non-hydrogen) atoms. The van der Waals surface area contributed by atoms with Gasteiger partial charge in [0.1, 0.15) is 5.82 Å². The molecule has 7 heteroatoms. The SMILES string of the molecule is O=C(CCc1cc2c(n1-c1ccc3c(c1)OCO3)-c1ccccc1CC2)NCc1c(F)cccc1Cl. The predicted molar refractivity (Wildman–Crippen MR) is 136 cm³/mol. The molecule has 0 unspecified atom stereocenters. The van der Waals surface area contributed by atoms with Crippen LogP contribution in [0.4, 0.5) is 4.39 Å². The minimum absolute atomic E-state index is 0.0530. The molecule has 1 N–H and O–H groups in total. The second-order valence-electron chi connectivity index (χ2n) is 9.02. The minimum atomic E-state index is -0.425. The van der Waals surface area contributed by atoms with Gasteiger partial charge in [0, 0.05) is 46.6 Å². The standard InChI is InChI=1S/C29H24ClFN2O3/c30-24-6-3-7-25(31)23(24)16-32-28(34)13-11-20-14-19-9-8-18-4-1-2-5-22(18)29(19)33(20)21-10-12-26-27(15-21)36-17-35-26/h1-7,10,12,14-15H,8-9,11,13,16-17H2,(H,32,34). The van der Waals surface area contributed by atoms with Crippen LogP contribution in [0.1, 0.15) is 28.8 Å². The number of carbonyl (C=O) groups is 1. The van der Waals surface area contributed by atoms with Crippen molar-refractivity contribution >= 4 is 17.5 Å². The van der Waals surface area contributed by atoms with E-state index in [9.17, 15) is 9.18 Å². The number of ether oxygens (including phenoxy) is 2. The minimum Gasteiger partial charge on any atom is -0.454 e. The average molecular weight is 503 g/mol. The molecule has 0 radical (unpaired) electrons. The van der Waals surface area contributed by atoms with E-state index in [4.69, 9.17) is 21.1 Å². The van der Waals surface area contributed by atoms with Crippen LogP contribution in [-0.4, -0.2) is 17.3 Å².